The molecule has 29 heavy (non-hydrogen) atoms. The molecule has 0 bridgehead atoms. The predicted molar refractivity (Wildman–Crippen MR) is 121 cm³/mol. The van der Waals surface area contributed by atoms with E-state index in [-0.39, 0.29) is 17.3 Å². The highest BCUT2D eigenvalue weighted by Gasteiger charge is 2.24. The summed E-state index contributed by atoms with van der Waals surface area (Å²) in [6.07, 6.45) is 2.86. The molecule has 3 rings (SSSR count). The maximum Gasteiger partial charge on any atom is 0.227 e. The molecule has 0 aromatic heterocycles. The Morgan fingerprint density at radius 1 is 1.21 bits per heavy atom. The van der Waals surface area contributed by atoms with Gasteiger partial charge in [-0.25, -0.2) is 4.39 Å². The minimum absolute atomic E-state index is 0.0646. The molecule has 1 aliphatic rings. The molecular formula is C24H29FN2OS. The fourth-order valence-corrected chi connectivity index (χ4v) is 4.22. The Kier molecular flexibility index (Phi) is 6.37. The molecule has 2 aromatic carbocycles. The van der Waals surface area contributed by atoms with Crippen LogP contribution in [-0.4, -0.2) is 16.4 Å². The van der Waals surface area contributed by atoms with Crippen molar-refractivity contribution < 1.29 is 9.18 Å². The van der Waals surface area contributed by atoms with Gasteiger partial charge in [-0.1, -0.05) is 30.4 Å². The molecule has 1 amide bonds. The summed E-state index contributed by atoms with van der Waals surface area (Å²) in [4.78, 5) is 15.4. The topological polar surface area (TPSA) is 32.3 Å². The molecule has 0 saturated heterocycles. The van der Waals surface area contributed by atoms with E-state index < -0.39 is 0 Å². The number of fused-ring (bicyclic) bond motifs is 1. The number of hydrogen-bond acceptors (Lipinski definition) is 2. The first-order chi connectivity index (χ1) is 13.6. The molecule has 0 saturated carbocycles. The van der Waals surface area contributed by atoms with Gasteiger partial charge in [0, 0.05) is 24.1 Å². The SMILES string of the molecule is Cc1cc2c(cc1CC(=S)NC(C)(C)C)CCCC(=O)N2Cc1cccc(F)c1. The number of aryl methyl sites for hydroxylation is 2. The summed E-state index contributed by atoms with van der Waals surface area (Å²) in [5, 5.41) is 3.37. The highest BCUT2D eigenvalue weighted by Crippen LogP contribution is 2.31. The molecule has 3 nitrogen and oxygen atoms in total. The molecule has 0 unspecified atom stereocenters. The van der Waals surface area contributed by atoms with Crippen LogP contribution in [0.5, 0.6) is 0 Å². The number of carbonyl (C=O) groups excluding carboxylic acids is 1. The predicted octanol–water partition coefficient (Wildman–Crippen LogP) is 5.26. The second kappa shape index (κ2) is 8.62. The molecule has 0 aliphatic carbocycles. The van der Waals surface area contributed by atoms with Crippen molar-refractivity contribution in [2.75, 3.05) is 4.90 Å². The number of carbonyl (C=O) groups is 1. The van der Waals surface area contributed by atoms with E-state index in [2.05, 4.69) is 45.1 Å². The van der Waals surface area contributed by atoms with Crippen molar-refractivity contribution in [3.8, 4) is 0 Å². The number of nitrogens with zero attached hydrogens (tertiary/aromatic N) is 1. The van der Waals surface area contributed by atoms with E-state index in [0.717, 1.165) is 40.2 Å². The average molecular weight is 413 g/mol. The number of amides is 1. The monoisotopic (exact) mass is 412 g/mol. The molecule has 0 radical (unpaired) electrons. The third-order valence-corrected chi connectivity index (χ3v) is 5.31. The number of anilines is 1. The molecule has 0 spiro atoms. The van der Waals surface area contributed by atoms with Gasteiger partial charge in [-0.15, -0.1) is 0 Å². The lowest BCUT2D eigenvalue weighted by atomic mass is 9.97. The first-order valence-electron chi connectivity index (χ1n) is 10.1. The number of benzene rings is 2. The van der Waals surface area contributed by atoms with Gasteiger partial charge in [0.2, 0.25) is 5.91 Å². The Labute approximate surface area is 178 Å². The van der Waals surface area contributed by atoms with Crippen LogP contribution in [-0.2, 0) is 24.2 Å². The van der Waals surface area contributed by atoms with Crippen molar-refractivity contribution in [1.82, 2.24) is 5.32 Å². The second-order valence-corrected chi connectivity index (χ2v) is 9.34. The van der Waals surface area contributed by atoms with Crippen LogP contribution in [0.3, 0.4) is 0 Å². The van der Waals surface area contributed by atoms with E-state index in [1.54, 1.807) is 11.0 Å². The van der Waals surface area contributed by atoms with E-state index in [1.807, 2.05) is 6.07 Å². The van der Waals surface area contributed by atoms with E-state index in [1.165, 1.54) is 17.7 Å². The van der Waals surface area contributed by atoms with Crippen LogP contribution >= 0.6 is 12.2 Å². The molecule has 0 atom stereocenters. The average Bonchev–Trinajstić information content (AvgIpc) is 2.73. The zero-order chi connectivity index (χ0) is 21.2. The largest absolute Gasteiger partial charge is 0.375 e. The lowest BCUT2D eigenvalue weighted by Gasteiger charge is -2.26. The summed E-state index contributed by atoms with van der Waals surface area (Å²) in [5.74, 6) is -0.193. The van der Waals surface area contributed by atoms with Crippen LogP contribution < -0.4 is 10.2 Å². The van der Waals surface area contributed by atoms with Gasteiger partial charge in [-0.3, -0.25) is 4.79 Å². The van der Waals surface area contributed by atoms with Crippen LogP contribution in [0.15, 0.2) is 36.4 Å². The van der Waals surface area contributed by atoms with Crippen molar-refractivity contribution >= 4 is 28.8 Å². The Hall–Kier alpha value is -2.27. The van der Waals surface area contributed by atoms with Crippen LogP contribution in [0.2, 0.25) is 0 Å². The fourth-order valence-electron chi connectivity index (χ4n) is 3.76. The maximum absolute atomic E-state index is 13.6. The molecule has 2 aromatic rings. The van der Waals surface area contributed by atoms with Gasteiger partial charge in [-0.2, -0.15) is 0 Å². The summed E-state index contributed by atoms with van der Waals surface area (Å²) in [5.41, 5.74) is 5.12. The summed E-state index contributed by atoms with van der Waals surface area (Å²) >= 11 is 5.55. The summed E-state index contributed by atoms with van der Waals surface area (Å²) in [6, 6.07) is 10.7. The van der Waals surface area contributed by atoms with Gasteiger partial charge in [-0.05, 0) is 81.0 Å². The zero-order valence-electron chi connectivity index (χ0n) is 17.6. The van der Waals surface area contributed by atoms with Crippen LogP contribution in [0, 0.1) is 12.7 Å². The number of rotatable bonds is 4. The first-order valence-corrected chi connectivity index (χ1v) is 10.5. The molecule has 1 aliphatic heterocycles. The minimum Gasteiger partial charge on any atom is -0.375 e. The lowest BCUT2D eigenvalue weighted by molar-refractivity contribution is -0.118. The highest BCUT2D eigenvalue weighted by atomic mass is 32.1. The Balaban J connectivity index is 1.91. The van der Waals surface area contributed by atoms with Gasteiger partial charge in [0.05, 0.1) is 11.5 Å². The number of hydrogen-bond donors (Lipinski definition) is 1. The van der Waals surface area contributed by atoms with E-state index in [9.17, 15) is 9.18 Å². The Morgan fingerprint density at radius 2 is 1.97 bits per heavy atom. The number of halogens is 1. The smallest absolute Gasteiger partial charge is 0.227 e. The number of thiocarbonyl (C=S) groups is 1. The Morgan fingerprint density at radius 3 is 2.66 bits per heavy atom. The zero-order valence-corrected chi connectivity index (χ0v) is 18.5. The van der Waals surface area contributed by atoms with Gasteiger partial charge in [0.1, 0.15) is 5.82 Å². The normalized spacial score (nSPS) is 14.4. The van der Waals surface area contributed by atoms with Gasteiger partial charge < -0.3 is 10.2 Å². The summed E-state index contributed by atoms with van der Waals surface area (Å²) in [6.45, 7) is 8.73. The van der Waals surface area contributed by atoms with Gasteiger partial charge >= 0.3 is 0 Å². The molecule has 0 fully saturated rings. The third kappa shape index (κ3) is 5.63. The lowest BCUT2D eigenvalue weighted by Crippen LogP contribution is -2.40. The van der Waals surface area contributed by atoms with Crippen molar-refractivity contribution in [1.29, 1.82) is 0 Å². The minimum atomic E-state index is -0.281. The quantitative estimate of drug-likeness (QED) is 0.695. The second-order valence-electron chi connectivity index (χ2n) is 8.85. The van der Waals surface area contributed by atoms with E-state index >= 15 is 0 Å². The summed E-state index contributed by atoms with van der Waals surface area (Å²) in [7, 11) is 0. The fraction of sp³-hybridized carbons (Fsp3) is 0.417. The molecule has 1 heterocycles. The van der Waals surface area contributed by atoms with Crippen molar-refractivity contribution in [3.63, 3.8) is 0 Å². The molecule has 154 valence electrons. The van der Waals surface area contributed by atoms with Crippen LogP contribution in [0.4, 0.5) is 10.1 Å². The van der Waals surface area contributed by atoms with Gasteiger partial charge in [0.25, 0.3) is 0 Å². The molecule has 5 heteroatoms. The van der Waals surface area contributed by atoms with Gasteiger partial charge in [0.15, 0.2) is 0 Å². The number of nitrogens with one attached hydrogen (secondary N) is 1. The van der Waals surface area contributed by atoms with Crippen LogP contribution in [0.1, 0.15) is 55.9 Å². The van der Waals surface area contributed by atoms with Crippen molar-refractivity contribution in [3.05, 3.63) is 64.5 Å². The van der Waals surface area contributed by atoms with Crippen molar-refractivity contribution in [2.45, 2.75) is 65.5 Å². The van der Waals surface area contributed by atoms with E-state index in [0.29, 0.717) is 19.4 Å². The highest BCUT2D eigenvalue weighted by molar-refractivity contribution is 7.80. The molecular weight excluding hydrogens is 383 g/mol. The molecule has 1 N–H and O–H groups in total. The van der Waals surface area contributed by atoms with Crippen LogP contribution in [0.25, 0.3) is 0 Å². The standard InChI is InChI=1S/C24H29FN2OS/c1-16-11-21-18(13-19(16)14-22(29)26-24(2,3)4)8-6-10-23(28)27(21)15-17-7-5-9-20(25)12-17/h5,7,9,11-13H,6,8,10,14-15H2,1-4H3,(H,26,29). The first kappa shape index (κ1) is 21.4. The van der Waals surface area contributed by atoms with E-state index in [4.69, 9.17) is 12.2 Å². The summed E-state index contributed by atoms with van der Waals surface area (Å²) < 4.78 is 13.6. The third-order valence-electron chi connectivity index (χ3n) is 5.06. The Bertz CT molecular complexity index is 933. The maximum atomic E-state index is 13.6. The van der Waals surface area contributed by atoms with Crippen molar-refractivity contribution in [2.24, 2.45) is 0 Å².